The lowest BCUT2D eigenvalue weighted by atomic mass is 9.71. The van der Waals surface area contributed by atoms with Gasteiger partial charge in [-0.25, -0.2) is 9.78 Å². The summed E-state index contributed by atoms with van der Waals surface area (Å²) in [6.45, 7) is 6.62. The fourth-order valence-corrected chi connectivity index (χ4v) is 3.15. The van der Waals surface area contributed by atoms with E-state index in [1.54, 1.807) is 0 Å². The van der Waals surface area contributed by atoms with Crippen LogP contribution in [0.25, 0.3) is 0 Å². The summed E-state index contributed by atoms with van der Waals surface area (Å²) in [5.74, 6) is 0.122. The number of halogens is 1. The molecule has 2 atom stereocenters. The van der Waals surface area contributed by atoms with Crippen molar-refractivity contribution in [3.05, 3.63) is 23.2 Å². The molecule has 5 heteroatoms. The Morgan fingerprint density at radius 1 is 1.42 bits per heavy atom. The molecule has 1 aliphatic rings. The predicted molar refractivity (Wildman–Crippen MR) is 73.0 cm³/mol. The van der Waals surface area contributed by atoms with Crippen LogP contribution in [0.15, 0.2) is 12.4 Å². The van der Waals surface area contributed by atoms with Crippen LogP contribution in [0.1, 0.15) is 50.5 Å². The largest absolute Gasteiger partial charge is 0.458 e. The van der Waals surface area contributed by atoms with E-state index in [1.165, 1.54) is 12.4 Å². The smallest absolute Gasteiger partial charge is 0.358 e. The van der Waals surface area contributed by atoms with Crippen molar-refractivity contribution in [3.63, 3.8) is 0 Å². The first-order chi connectivity index (χ1) is 8.85. The molecule has 1 aliphatic carbocycles. The van der Waals surface area contributed by atoms with E-state index < -0.39 is 5.97 Å². The second-order valence-electron chi connectivity index (χ2n) is 6.17. The summed E-state index contributed by atoms with van der Waals surface area (Å²) in [6.07, 6.45) is 5.68. The zero-order valence-corrected chi connectivity index (χ0v) is 12.3. The summed E-state index contributed by atoms with van der Waals surface area (Å²) >= 11 is 5.72. The second-order valence-corrected chi connectivity index (χ2v) is 6.55. The molecule has 0 bridgehead atoms. The van der Waals surface area contributed by atoms with Crippen LogP contribution in [-0.2, 0) is 4.74 Å². The van der Waals surface area contributed by atoms with Crippen molar-refractivity contribution in [2.45, 2.75) is 46.1 Å². The molecule has 1 aromatic rings. The molecule has 0 radical (unpaired) electrons. The van der Waals surface area contributed by atoms with Gasteiger partial charge in [-0.1, -0.05) is 32.4 Å². The number of carbonyl (C=O) groups excluding carboxylic acids is 1. The second kappa shape index (κ2) is 5.45. The molecule has 1 saturated carbocycles. The molecule has 0 amide bonds. The minimum atomic E-state index is -0.440. The molecular weight excluding hydrogens is 264 g/mol. The highest BCUT2D eigenvalue weighted by molar-refractivity contribution is 6.29. The lowest BCUT2D eigenvalue weighted by Gasteiger charge is -2.38. The van der Waals surface area contributed by atoms with Crippen LogP contribution in [0.4, 0.5) is 0 Å². The maximum absolute atomic E-state index is 12.0. The topological polar surface area (TPSA) is 52.1 Å². The minimum Gasteiger partial charge on any atom is -0.458 e. The highest BCUT2D eigenvalue weighted by Crippen LogP contribution is 2.39. The fraction of sp³-hybridized carbons (Fsp3) is 0.643. The first kappa shape index (κ1) is 14.3. The van der Waals surface area contributed by atoms with Gasteiger partial charge in [-0.2, -0.15) is 0 Å². The summed E-state index contributed by atoms with van der Waals surface area (Å²) in [5.41, 5.74) is 0.381. The quantitative estimate of drug-likeness (QED) is 0.779. The number of hydrogen-bond donors (Lipinski definition) is 0. The first-order valence-corrected chi connectivity index (χ1v) is 6.92. The Labute approximate surface area is 118 Å². The van der Waals surface area contributed by atoms with Crippen molar-refractivity contribution in [1.82, 2.24) is 9.97 Å². The van der Waals surface area contributed by atoms with Gasteiger partial charge in [-0.05, 0) is 30.6 Å². The van der Waals surface area contributed by atoms with E-state index >= 15 is 0 Å². The van der Waals surface area contributed by atoms with Gasteiger partial charge in [0.1, 0.15) is 11.3 Å². The lowest BCUT2D eigenvalue weighted by molar-refractivity contribution is -0.00770. The highest BCUT2D eigenvalue weighted by Gasteiger charge is 2.34. The average Bonchev–Trinajstić information content (AvgIpc) is 2.25. The lowest BCUT2D eigenvalue weighted by Crippen LogP contribution is -2.34. The highest BCUT2D eigenvalue weighted by atomic mass is 35.5. The molecular formula is C14H19ClN2O2. The van der Waals surface area contributed by atoms with E-state index in [-0.39, 0.29) is 22.4 Å². The van der Waals surface area contributed by atoms with E-state index in [9.17, 15) is 4.79 Å². The Morgan fingerprint density at radius 3 is 2.79 bits per heavy atom. The predicted octanol–water partition coefficient (Wildman–Crippen LogP) is 3.50. The number of rotatable bonds is 2. The zero-order valence-electron chi connectivity index (χ0n) is 11.5. The molecule has 0 N–H and O–H groups in total. The van der Waals surface area contributed by atoms with E-state index in [2.05, 4.69) is 30.7 Å². The van der Waals surface area contributed by atoms with Gasteiger partial charge in [-0.3, -0.25) is 4.98 Å². The Morgan fingerprint density at radius 2 is 2.16 bits per heavy atom. The molecule has 0 aliphatic heterocycles. The third-order valence-electron chi connectivity index (χ3n) is 3.43. The molecule has 0 aromatic carbocycles. The Bertz CT molecular complexity index is 476. The monoisotopic (exact) mass is 282 g/mol. The van der Waals surface area contributed by atoms with Crippen LogP contribution in [0.5, 0.6) is 0 Å². The molecule has 1 aromatic heterocycles. The van der Waals surface area contributed by atoms with Crippen molar-refractivity contribution in [1.29, 1.82) is 0 Å². The van der Waals surface area contributed by atoms with Crippen LogP contribution in [-0.4, -0.2) is 22.0 Å². The number of hydrogen-bond acceptors (Lipinski definition) is 4. The van der Waals surface area contributed by atoms with Gasteiger partial charge < -0.3 is 4.74 Å². The number of carbonyl (C=O) groups is 1. The zero-order chi connectivity index (χ0) is 14.0. The summed E-state index contributed by atoms with van der Waals surface area (Å²) in [7, 11) is 0. The summed E-state index contributed by atoms with van der Waals surface area (Å²) < 4.78 is 5.54. The summed E-state index contributed by atoms with van der Waals surface area (Å²) in [5, 5.41) is 0.201. The summed E-state index contributed by atoms with van der Waals surface area (Å²) in [4.78, 5) is 19.8. The van der Waals surface area contributed by atoms with Gasteiger partial charge in [0.15, 0.2) is 5.69 Å². The van der Waals surface area contributed by atoms with Crippen LogP contribution < -0.4 is 0 Å². The number of esters is 1. The normalized spacial score (nSPS) is 25.9. The average molecular weight is 283 g/mol. The molecule has 1 heterocycles. The van der Waals surface area contributed by atoms with Crippen molar-refractivity contribution < 1.29 is 9.53 Å². The third kappa shape index (κ3) is 3.90. The molecule has 2 unspecified atom stereocenters. The standard InChI is InChI=1S/C14H19ClN2O2/c1-9-4-10(6-14(2,3)5-9)19-13(18)11-7-16-8-12(15)17-11/h7-10H,4-6H2,1-3H3. The van der Waals surface area contributed by atoms with Crippen molar-refractivity contribution in [2.75, 3.05) is 0 Å². The number of ether oxygens (including phenoxy) is 1. The van der Waals surface area contributed by atoms with E-state index in [0.29, 0.717) is 5.92 Å². The summed E-state index contributed by atoms with van der Waals surface area (Å²) in [6, 6.07) is 0. The van der Waals surface area contributed by atoms with E-state index in [0.717, 1.165) is 19.3 Å². The van der Waals surface area contributed by atoms with Crippen LogP contribution in [0, 0.1) is 11.3 Å². The third-order valence-corrected chi connectivity index (χ3v) is 3.62. The molecule has 2 rings (SSSR count). The van der Waals surface area contributed by atoms with Crippen LogP contribution >= 0.6 is 11.6 Å². The Hall–Kier alpha value is -1.16. The van der Waals surface area contributed by atoms with Gasteiger partial charge in [-0.15, -0.1) is 0 Å². The SMILES string of the molecule is CC1CC(OC(=O)c2cncc(Cl)n2)CC(C)(C)C1. The van der Waals surface area contributed by atoms with Gasteiger partial charge in [0.2, 0.25) is 0 Å². The maximum Gasteiger partial charge on any atom is 0.358 e. The molecule has 0 saturated heterocycles. The Balaban J connectivity index is 2.03. The first-order valence-electron chi connectivity index (χ1n) is 6.54. The van der Waals surface area contributed by atoms with Crippen molar-refractivity contribution in [2.24, 2.45) is 11.3 Å². The van der Waals surface area contributed by atoms with Crippen molar-refractivity contribution in [3.8, 4) is 0 Å². The Kier molecular flexibility index (Phi) is 4.09. The minimum absolute atomic E-state index is 0.0490. The van der Waals surface area contributed by atoms with Crippen LogP contribution in [0.2, 0.25) is 5.15 Å². The fourth-order valence-electron chi connectivity index (χ4n) is 3.00. The maximum atomic E-state index is 12.0. The molecule has 19 heavy (non-hydrogen) atoms. The number of aromatic nitrogens is 2. The molecule has 4 nitrogen and oxygen atoms in total. The van der Waals surface area contributed by atoms with Crippen molar-refractivity contribution >= 4 is 17.6 Å². The number of nitrogens with zero attached hydrogens (tertiary/aromatic N) is 2. The van der Waals surface area contributed by atoms with E-state index in [1.807, 2.05) is 0 Å². The molecule has 1 fully saturated rings. The van der Waals surface area contributed by atoms with Crippen LogP contribution in [0.3, 0.4) is 0 Å². The molecule has 0 spiro atoms. The van der Waals surface area contributed by atoms with Gasteiger partial charge >= 0.3 is 5.97 Å². The molecule has 104 valence electrons. The van der Waals surface area contributed by atoms with E-state index in [4.69, 9.17) is 16.3 Å². The van der Waals surface area contributed by atoms with Gasteiger partial charge in [0, 0.05) is 0 Å². The van der Waals surface area contributed by atoms with Gasteiger partial charge in [0.05, 0.1) is 12.4 Å². The van der Waals surface area contributed by atoms with Gasteiger partial charge in [0.25, 0.3) is 0 Å².